The number of nitrogens with one attached hydrogen (secondary N) is 3. The summed E-state index contributed by atoms with van der Waals surface area (Å²) in [5, 5.41) is 7.56. The average Bonchev–Trinajstić information content (AvgIpc) is 3.33. The molecule has 1 atom stereocenters. The number of nitrogens with zero attached hydrogens (tertiary/aromatic N) is 4. The van der Waals surface area contributed by atoms with E-state index in [0.29, 0.717) is 22.9 Å². The molecule has 1 aromatic carbocycles. The molecule has 2 saturated heterocycles. The summed E-state index contributed by atoms with van der Waals surface area (Å²) in [5.74, 6) is 1.20. The Balaban J connectivity index is 1.17. The summed E-state index contributed by atoms with van der Waals surface area (Å²) < 4.78 is 0. The minimum absolute atomic E-state index is 0.0441. The monoisotopic (exact) mass is 493 g/mol. The molecule has 0 aliphatic carbocycles. The fraction of sp³-hybridized carbons (Fsp3) is 0.423. The van der Waals surface area contributed by atoms with Gasteiger partial charge in [0.05, 0.1) is 16.9 Å². The molecule has 3 aromatic rings. The van der Waals surface area contributed by atoms with Crippen LogP contribution in [0.25, 0.3) is 22.2 Å². The fourth-order valence-corrected chi connectivity index (χ4v) is 5.28. The number of halogens is 1. The number of amides is 1. The van der Waals surface area contributed by atoms with Crippen LogP contribution in [0, 0.1) is 5.92 Å². The first-order chi connectivity index (χ1) is 17.1. The molecule has 0 unspecified atom stereocenters. The van der Waals surface area contributed by atoms with Gasteiger partial charge in [-0.3, -0.25) is 10.2 Å². The van der Waals surface area contributed by atoms with E-state index in [-0.39, 0.29) is 5.91 Å². The number of para-hydroxylation sites is 1. The zero-order valence-corrected chi connectivity index (χ0v) is 20.6. The third kappa shape index (κ3) is 5.50. The maximum atomic E-state index is 11.8. The number of hydrazine groups is 1. The molecule has 35 heavy (non-hydrogen) atoms. The number of carbonyl (C=O) groups excluding carboxylic acids is 1. The van der Waals surface area contributed by atoms with Crippen molar-refractivity contribution in [3.63, 3.8) is 0 Å². The fourth-order valence-electron chi connectivity index (χ4n) is 5.08. The van der Waals surface area contributed by atoms with Crippen molar-refractivity contribution in [1.29, 1.82) is 0 Å². The number of fused-ring (bicyclic) bond motifs is 1. The van der Waals surface area contributed by atoms with Crippen LogP contribution in [0.2, 0.25) is 5.02 Å². The highest BCUT2D eigenvalue weighted by molar-refractivity contribution is 6.33. The van der Waals surface area contributed by atoms with Gasteiger partial charge in [-0.05, 0) is 50.3 Å². The normalized spacial score (nSPS) is 19.7. The van der Waals surface area contributed by atoms with Crippen molar-refractivity contribution in [3.05, 3.63) is 54.3 Å². The van der Waals surface area contributed by atoms with Crippen LogP contribution in [-0.4, -0.2) is 69.5 Å². The zero-order chi connectivity index (χ0) is 24.2. The quantitative estimate of drug-likeness (QED) is 0.430. The third-order valence-corrected chi connectivity index (χ3v) is 7.34. The molecule has 0 radical (unpaired) electrons. The molecule has 9 heteroatoms. The lowest BCUT2D eigenvalue weighted by Crippen LogP contribution is -2.49. The lowest BCUT2D eigenvalue weighted by Gasteiger charge is -2.35. The smallest absolute Gasteiger partial charge is 0.245 e. The molecule has 2 aliphatic heterocycles. The lowest BCUT2D eigenvalue weighted by atomic mass is 9.96. The lowest BCUT2D eigenvalue weighted by molar-refractivity contribution is -0.127. The van der Waals surface area contributed by atoms with Crippen molar-refractivity contribution >= 4 is 34.4 Å². The van der Waals surface area contributed by atoms with E-state index >= 15 is 0 Å². The second-order valence-electron chi connectivity index (χ2n) is 9.42. The molecular formula is C26H32ClN7O. The number of likely N-dealkylation sites (tertiary alicyclic amines) is 1. The third-order valence-electron chi connectivity index (χ3n) is 7.06. The molecule has 0 spiro atoms. The number of hydrogen-bond donors (Lipinski definition) is 3. The standard InChI is InChI=1S/C26H32ClN7O/c1-2-24(35)33-12-9-18(10-13-33)14-28-19-6-5-11-34(17-19)32-26-30-16-22(27)25(31-26)21-15-29-23-8-4-3-7-20(21)23/h2-4,7-8,15-16,18-19,28-29H,1,5-6,9-14,17H2,(H,30,31,32)/t19-/m0/s1. The molecule has 4 heterocycles. The number of hydrogen-bond acceptors (Lipinski definition) is 6. The average molecular weight is 494 g/mol. The maximum Gasteiger partial charge on any atom is 0.245 e. The number of carbonyl (C=O) groups is 1. The summed E-state index contributed by atoms with van der Waals surface area (Å²) in [7, 11) is 0. The van der Waals surface area contributed by atoms with Crippen LogP contribution >= 0.6 is 11.6 Å². The molecule has 0 bridgehead atoms. The Hall–Kier alpha value is -2.94. The van der Waals surface area contributed by atoms with Crippen LogP contribution in [0.1, 0.15) is 25.7 Å². The van der Waals surface area contributed by atoms with Crippen molar-refractivity contribution in [3.8, 4) is 11.3 Å². The van der Waals surface area contributed by atoms with Crippen molar-refractivity contribution in [2.45, 2.75) is 31.7 Å². The van der Waals surface area contributed by atoms with Gasteiger partial charge >= 0.3 is 0 Å². The molecule has 2 fully saturated rings. The summed E-state index contributed by atoms with van der Waals surface area (Å²) in [5.41, 5.74) is 6.14. The van der Waals surface area contributed by atoms with Crippen LogP contribution in [0.15, 0.2) is 49.3 Å². The highest BCUT2D eigenvalue weighted by atomic mass is 35.5. The molecule has 184 valence electrons. The maximum absolute atomic E-state index is 11.8. The Bertz CT molecular complexity index is 1190. The van der Waals surface area contributed by atoms with Crippen molar-refractivity contribution in [1.82, 2.24) is 30.2 Å². The van der Waals surface area contributed by atoms with Gasteiger partial charge in [-0.15, -0.1) is 0 Å². The van der Waals surface area contributed by atoms with Crippen molar-refractivity contribution in [2.24, 2.45) is 5.92 Å². The summed E-state index contributed by atoms with van der Waals surface area (Å²) in [6.07, 6.45) is 9.34. The Morgan fingerprint density at radius 3 is 2.89 bits per heavy atom. The second kappa shape index (κ2) is 10.8. The van der Waals surface area contributed by atoms with Crippen molar-refractivity contribution < 1.29 is 4.79 Å². The SMILES string of the molecule is C=CC(=O)N1CCC(CN[C@H]2CCCN(Nc3ncc(Cl)c(-c4c[nH]c5ccccc45)n3)C2)CC1. The summed E-state index contributed by atoms with van der Waals surface area (Å²) in [6.45, 7) is 8.03. The van der Waals surface area contributed by atoms with Gasteiger partial charge in [-0.2, -0.15) is 0 Å². The Kier molecular flexibility index (Phi) is 7.32. The zero-order valence-electron chi connectivity index (χ0n) is 19.8. The number of rotatable bonds is 7. The van der Waals surface area contributed by atoms with E-state index in [1.807, 2.05) is 29.3 Å². The van der Waals surface area contributed by atoms with E-state index in [4.69, 9.17) is 16.6 Å². The number of piperidine rings is 2. The van der Waals surface area contributed by atoms with E-state index in [0.717, 1.165) is 80.6 Å². The van der Waals surface area contributed by atoms with E-state index in [1.165, 1.54) is 6.08 Å². The Morgan fingerprint density at radius 1 is 1.23 bits per heavy atom. The number of benzene rings is 1. The van der Waals surface area contributed by atoms with Crippen LogP contribution < -0.4 is 10.7 Å². The van der Waals surface area contributed by atoms with Crippen LogP contribution in [0.3, 0.4) is 0 Å². The molecule has 8 nitrogen and oxygen atoms in total. The minimum atomic E-state index is 0.0441. The summed E-state index contributed by atoms with van der Waals surface area (Å²) >= 11 is 6.49. The van der Waals surface area contributed by atoms with E-state index in [9.17, 15) is 4.79 Å². The highest BCUT2D eigenvalue weighted by Crippen LogP contribution is 2.32. The molecular weight excluding hydrogens is 462 g/mol. The highest BCUT2D eigenvalue weighted by Gasteiger charge is 2.25. The summed E-state index contributed by atoms with van der Waals surface area (Å²) in [6, 6.07) is 8.53. The predicted molar refractivity (Wildman–Crippen MR) is 140 cm³/mol. The van der Waals surface area contributed by atoms with Crippen LogP contribution in [0.4, 0.5) is 5.95 Å². The van der Waals surface area contributed by atoms with Gasteiger partial charge in [0, 0.05) is 54.9 Å². The van der Waals surface area contributed by atoms with E-state index < -0.39 is 0 Å². The number of anilines is 1. The molecule has 2 aliphatic rings. The number of aromatic nitrogens is 3. The van der Waals surface area contributed by atoms with Gasteiger partial charge in [-0.1, -0.05) is 36.4 Å². The van der Waals surface area contributed by atoms with Crippen LogP contribution in [-0.2, 0) is 4.79 Å². The van der Waals surface area contributed by atoms with Gasteiger partial charge in [0.15, 0.2) is 0 Å². The summed E-state index contributed by atoms with van der Waals surface area (Å²) in [4.78, 5) is 26.2. The molecule has 2 aromatic heterocycles. The van der Waals surface area contributed by atoms with Crippen LogP contribution in [0.5, 0.6) is 0 Å². The first-order valence-corrected chi connectivity index (χ1v) is 12.7. The molecule has 3 N–H and O–H groups in total. The van der Waals surface area contributed by atoms with Gasteiger partial charge in [0.2, 0.25) is 11.9 Å². The molecule has 1 amide bonds. The van der Waals surface area contributed by atoms with Crippen molar-refractivity contribution in [2.75, 3.05) is 38.1 Å². The molecule has 5 rings (SSSR count). The number of aromatic amines is 1. The topological polar surface area (TPSA) is 89.2 Å². The second-order valence-corrected chi connectivity index (χ2v) is 9.82. The Labute approximate surface area is 210 Å². The van der Waals surface area contributed by atoms with Gasteiger partial charge < -0.3 is 15.2 Å². The first-order valence-electron chi connectivity index (χ1n) is 12.4. The van der Waals surface area contributed by atoms with E-state index in [1.54, 1.807) is 6.20 Å². The van der Waals surface area contributed by atoms with E-state index in [2.05, 4.69) is 38.4 Å². The van der Waals surface area contributed by atoms with Gasteiger partial charge in [0.25, 0.3) is 0 Å². The molecule has 0 saturated carbocycles. The largest absolute Gasteiger partial charge is 0.360 e. The first kappa shape index (κ1) is 23.8. The number of H-pyrrole nitrogens is 1. The predicted octanol–water partition coefficient (Wildman–Crippen LogP) is 4.08. The van der Waals surface area contributed by atoms with Gasteiger partial charge in [-0.25, -0.2) is 15.0 Å². The Morgan fingerprint density at radius 2 is 2.06 bits per heavy atom. The van der Waals surface area contributed by atoms with Gasteiger partial charge in [0.1, 0.15) is 0 Å². The minimum Gasteiger partial charge on any atom is -0.360 e.